The molecular weight excluding hydrogens is 573 g/mol. The lowest BCUT2D eigenvalue weighted by atomic mass is 9.91. The van der Waals surface area contributed by atoms with Gasteiger partial charge in [0.1, 0.15) is 23.2 Å². The van der Waals surface area contributed by atoms with Crippen molar-refractivity contribution in [1.82, 2.24) is 5.32 Å². The second kappa shape index (κ2) is 17.4. The number of nitrogens with one attached hydrogen (secondary N) is 1. The van der Waals surface area contributed by atoms with Gasteiger partial charge in [-0.15, -0.1) is 0 Å². The molecule has 0 spiro atoms. The Labute approximate surface area is 271 Å². The van der Waals surface area contributed by atoms with Gasteiger partial charge in [-0.3, -0.25) is 4.79 Å². The minimum atomic E-state index is -2.15. The molecule has 0 aliphatic rings. The second-order valence-electron chi connectivity index (χ2n) is 12.5. The van der Waals surface area contributed by atoms with E-state index in [0.29, 0.717) is 12.6 Å². The van der Waals surface area contributed by atoms with Crippen molar-refractivity contribution in [2.24, 2.45) is 0 Å². The lowest BCUT2D eigenvalue weighted by Crippen LogP contribution is -2.50. The number of unbranched alkanes of at least 4 members (excludes halogenated alkanes) is 5. The van der Waals surface area contributed by atoms with Gasteiger partial charge in [-0.2, -0.15) is 0 Å². The summed E-state index contributed by atoms with van der Waals surface area (Å²) < 4.78 is 0. The van der Waals surface area contributed by atoms with E-state index >= 15 is 0 Å². The minimum Gasteiger partial charge on any atom is -0.394 e. The van der Waals surface area contributed by atoms with Gasteiger partial charge >= 0.3 is 0 Å². The lowest BCUT2D eigenvalue weighted by Gasteiger charge is -2.32. The van der Waals surface area contributed by atoms with Crippen LogP contribution in [0.2, 0.25) is 0 Å². The topological polar surface area (TPSA) is 69.6 Å². The molecule has 5 heteroatoms. The summed E-state index contributed by atoms with van der Waals surface area (Å²) in [5, 5.41) is 28.3. The fourth-order valence-electron chi connectivity index (χ4n) is 6.27. The van der Waals surface area contributed by atoms with E-state index in [-0.39, 0.29) is 18.9 Å². The van der Waals surface area contributed by atoms with E-state index in [0.717, 1.165) is 12.0 Å². The van der Waals surface area contributed by atoms with Gasteiger partial charge in [0.2, 0.25) is 5.91 Å². The van der Waals surface area contributed by atoms with Gasteiger partial charge in [0.05, 0.1) is 30.8 Å². The van der Waals surface area contributed by atoms with E-state index in [1.165, 1.54) is 60.0 Å². The van der Waals surface area contributed by atoms with Crippen LogP contribution in [0.5, 0.6) is 0 Å². The van der Waals surface area contributed by atoms with Gasteiger partial charge < -0.3 is 15.5 Å². The van der Waals surface area contributed by atoms with Crippen LogP contribution >= 0.6 is 7.26 Å². The third-order valence-corrected chi connectivity index (χ3v) is 13.3. The molecule has 45 heavy (non-hydrogen) atoms. The van der Waals surface area contributed by atoms with Crippen molar-refractivity contribution >= 4 is 29.1 Å². The van der Waals surface area contributed by atoms with Crippen LogP contribution in [0.3, 0.4) is 0 Å². The zero-order chi connectivity index (χ0) is 32.0. The number of amides is 1. The first kappa shape index (κ1) is 34.6. The highest BCUT2D eigenvalue weighted by molar-refractivity contribution is 7.95. The van der Waals surface area contributed by atoms with E-state index < -0.39 is 18.9 Å². The molecule has 0 saturated heterocycles. The van der Waals surface area contributed by atoms with Crippen LogP contribution < -0.4 is 21.2 Å². The van der Waals surface area contributed by atoms with E-state index in [2.05, 4.69) is 97.2 Å². The number of hydrogen-bond acceptors (Lipinski definition) is 3. The first-order valence-corrected chi connectivity index (χ1v) is 18.6. The third-order valence-electron chi connectivity index (χ3n) is 8.88. The molecule has 0 fully saturated rings. The molecule has 4 nitrogen and oxygen atoms in total. The van der Waals surface area contributed by atoms with Gasteiger partial charge in [-0.25, -0.2) is 0 Å². The van der Waals surface area contributed by atoms with Crippen molar-refractivity contribution < 1.29 is 15.0 Å². The molecule has 0 aliphatic carbocycles. The van der Waals surface area contributed by atoms with Crippen LogP contribution in [0.25, 0.3) is 0 Å². The molecule has 2 unspecified atom stereocenters. The zero-order valence-corrected chi connectivity index (χ0v) is 28.0. The maximum atomic E-state index is 13.6. The predicted molar refractivity (Wildman–Crippen MR) is 191 cm³/mol. The summed E-state index contributed by atoms with van der Waals surface area (Å²) in [5.74, 6) is -0.125. The maximum absolute atomic E-state index is 13.6. The Kier molecular flexibility index (Phi) is 13.4. The highest BCUT2D eigenvalue weighted by Crippen LogP contribution is 2.55. The van der Waals surface area contributed by atoms with Crippen LogP contribution in [-0.4, -0.2) is 34.4 Å². The number of rotatable bonds is 18. The summed E-state index contributed by atoms with van der Waals surface area (Å²) >= 11 is 0. The van der Waals surface area contributed by atoms with E-state index in [1.807, 2.05) is 37.3 Å². The quantitative estimate of drug-likeness (QED) is 0.0806. The number of hydrogen-bond donors (Lipinski definition) is 3. The van der Waals surface area contributed by atoms with Crippen molar-refractivity contribution in [1.29, 1.82) is 0 Å². The molecule has 238 valence electrons. The summed E-state index contributed by atoms with van der Waals surface area (Å²) in [6.45, 7) is 3.79. The molecule has 0 heterocycles. The highest BCUT2D eigenvalue weighted by Gasteiger charge is 2.45. The molecule has 0 saturated carbocycles. The zero-order valence-electron chi connectivity index (χ0n) is 27.1. The summed E-state index contributed by atoms with van der Waals surface area (Å²) in [4.78, 5) is 13.6. The fraction of sp³-hybridized carbons (Fsp3) is 0.375. The summed E-state index contributed by atoms with van der Waals surface area (Å²) in [6, 6.07) is 39.7. The van der Waals surface area contributed by atoms with Gasteiger partial charge in [-0.05, 0) is 67.3 Å². The van der Waals surface area contributed by atoms with E-state index in [9.17, 15) is 15.0 Å². The van der Waals surface area contributed by atoms with Crippen molar-refractivity contribution in [2.45, 2.75) is 83.3 Å². The lowest BCUT2D eigenvalue weighted by molar-refractivity contribution is -0.123. The number of aliphatic hydroxyl groups excluding tert-OH is 2. The standard InChI is InChI=1S/C40H50NO3P/c1-3-4-5-6-7-11-18-33-25-27-34(28-26-33)38(43)31-40(2,32-42)41-39(44)29-30-45(35-19-12-8-13-20-35,36-21-14-9-15-22-36)37-23-16-10-17-24-37/h8-10,12-17,19-28,38,42-43H,3-7,11,18,29-32H2,1-2H3/p+1. The Balaban J connectivity index is 1.43. The molecule has 1 amide bonds. The average Bonchev–Trinajstić information content (AvgIpc) is 3.08. The predicted octanol–water partition coefficient (Wildman–Crippen LogP) is 7.26. The highest BCUT2D eigenvalue weighted by atomic mass is 31.2. The molecule has 0 radical (unpaired) electrons. The number of aryl methyl sites for hydroxylation is 1. The third kappa shape index (κ3) is 9.60. The molecule has 0 aliphatic heterocycles. The Bertz CT molecular complexity index is 1320. The Morgan fingerprint density at radius 1 is 0.733 bits per heavy atom. The van der Waals surface area contributed by atoms with Crippen molar-refractivity contribution in [2.75, 3.05) is 12.8 Å². The first-order valence-electron chi connectivity index (χ1n) is 16.6. The summed E-state index contributed by atoms with van der Waals surface area (Å²) in [7, 11) is -2.15. The van der Waals surface area contributed by atoms with Crippen molar-refractivity contribution in [3.63, 3.8) is 0 Å². The smallest absolute Gasteiger partial charge is 0.224 e. The second-order valence-corrected chi connectivity index (χ2v) is 16.2. The van der Waals surface area contributed by atoms with E-state index in [1.54, 1.807) is 0 Å². The number of benzene rings is 4. The molecule has 4 aromatic carbocycles. The number of aliphatic hydroxyl groups is 2. The first-order chi connectivity index (χ1) is 21.9. The molecular formula is C40H51NO3P+. The van der Waals surface area contributed by atoms with Crippen LogP contribution in [0.4, 0.5) is 0 Å². The van der Waals surface area contributed by atoms with Gasteiger partial charge in [0.15, 0.2) is 0 Å². The van der Waals surface area contributed by atoms with Crippen molar-refractivity contribution in [3.05, 3.63) is 126 Å². The molecule has 4 rings (SSSR count). The van der Waals surface area contributed by atoms with E-state index in [4.69, 9.17) is 0 Å². The minimum absolute atomic E-state index is 0.125. The normalized spacial score (nSPS) is 13.6. The van der Waals surface area contributed by atoms with Gasteiger partial charge in [-0.1, -0.05) is 118 Å². The average molecular weight is 625 g/mol. The molecule has 0 bridgehead atoms. The Morgan fingerprint density at radius 3 is 1.71 bits per heavy atom. The van der Waals surface area contributed by atoms with Crippen LogP contribution in [0.1, 0.15) is 82.4 Å². The summed E-state index contributed by atoms with van der Waals surface area (Å²) in [5.41, 5.74) is 1.13. The van der Waals surface area contributed by atoms with Gasteiger partial charge in [0.25, 0.3) is 0 Å². The molecule has 2 atom stereocenters. The Hall–Kier alpha value is -3.30. The SMILES string of the molecule is CCCCCCCCc1ccc(C(O)CC(C)(CO)NC(=O)CC[P+](c2ccccc2)(c2ccccc2)c2ccccc2)cc1. The fourth-order valence-corrected chi connectivity index (χ4v) is 10.5. The monoisotopic (exact) mass is 624 g/mol. The van der Waals surface area contributed by atoms with Crippen LogP contribution in [-0.2, 0) is 11.2 Å². The largest absolute Gasteiger partial charge is 0.394 e. The van der Waals surface area contributed by atoms with Crippen molar-refractivity contribution in [3.8, 4) is 0 Å². The summed E-state index contributed by atoms with van der Waals surface area (Å²) in [6.07, 6.45) is 9.06. The molecule has 3 N–H and O–H groups in total. The van der Waals surface area contributed by atoms with Gasteiger partial charge in [0, 0.05) is 6.42 Å². The number of carbonyl (C=O) groups excluding carboxylic acids is 1. The van der Waals surface area contributed by atoms with Crippen LogP contribution in [0.15, 0.2) is 115 Å². The van der Waals surface area contributed by atoms with Crippen LogP contribution in [0, 0.1) is 0 Å². The maximum Gasteiger partial charge on any atom is 0.224 e. The number of carbonyl (C=O) groups is 1. The molecule has 4 aromatic rings. The molecule has 0 aromatic heterocycles. The Morgan fingerprint density at radius 2 is 1.22 bits per heavy atom.